The number of carbonyl (C=O) groups is 1. The van der Waals surface area contributed by atoms with Gasteiger partial charge in [-0.2, -0.15) is 0 Å². The van der Waals surface area contributed by atoms with Crippen LogP contribution < -0.4 is 4.90 Å². The van der Waals surface area contributed by atoms with Gasteiger partial charge in [0.25, 0.3) is 11.8 Å². The number of piperidine rings is 1. The SMILES string of the molecule is CCOC(=O)C1CC[NH+](Cc2nnc(-c3cc(C)oc3C)o2)CC1. The summed E-state index contributed by atoms with van der Waals surface area (Å²) >= 11 is 0. The predicted molar refractivity (Wildman–Crippen MR) is 85.2 cm³/mol. The fourth-order valence-corrected chi connectivity index (χ4v) is 3.19. The highest BCUT2D eigenvalue weighted by atomic mass is 16.5. The minimum Gasteiger partial charge on any atom is -0.466 e. The number of nitrogens with zero attached hydrogens (tertiary/aromatic N) is 2. The van der Waals surface area contributed by atoms with Gasteiger partial charge in [0.05, 0.1) is 31.2 Å². The summed E-state index contributed by atoms with van der Waals surface area (Å²) in [4.78, 5) is 13.1. The van der Waals surface area contributed by atoms with E-state index >= 15 is 0 Å². The largest absolute Gasteiger partial charge is 0.466 e. The van der Waals surface area contributed by atoms with Crippen molar-refractivity contribution < 1.29 is 23.3 Å². The number of quaternary nitrogens is 1. The smallest absolute Gasteiger partial charge is 0.309 e. The van der Waals surface area contributed by atoms with Crippen LogP contribution in [-0.4, -0.2) is 35.9 Å². The van der Waals surface area contributed by atoms with Crippen molar-refractivity contribution >= 4 is 5.97 Å². The number of rotatable bonds is 5. The predicted octanol–water partition coefficient (Wildman–Crippen LogP) is 1.30. The van der Waals surface area contributed by atoms with Crippen molar-refractivity contribution in [2.45, 2.75) is 40.2 Å². The van der Waals surface area contributed by atoms with Gasteiger partial charge in [-0.1, -0.05) is 0 Å². The monoisotopic (exact) mass is 334 g/mol. The summed E-state index contributed by atoms with van der Waals surface area (Å²) in [6, 6.07) is 1.91. The van der Waals surface area contributed by atoms with E-state index < -0.39 is 0 Å². The van der Waals surface area contributed by atoms with E-state index in [4.69, 9.17) is 13.6 Å². The van der Waals surface area contributed by atoms with Gasteiger partial charge in [0, 0.05) is 12.8 Å². The summed E-state index contributed by atoms with van der Waals surface area (Å²) in [6.45, 7) is 8.57. The molecule has 7 heteroatoms. The quantitative estimate of drug-likeness (QED) is 0.830. The van der Waals surface area contributed by atoms with E-state index in [0.29, 0.717) is 24.9 Å². The number of hydrogen-bond donors (Lipinski definition) is 1. The van der Waals surface area contributed by atoms with Gasteiger partial charge in [-0.05, 0) is 26.8 Å². The van der Waals surface area contributed by atoms with Gasteiger partial charge in [-0.25, -0.2) is 0 Å². The number of nitrogens with one attached hydrogen (secondary N) is 1. The van der Waals surface area contributed by atoms with E-state index in [1.54, 1.807) is 0 Å². The highest BCUT2D eigenvalue weighted by molar-refractivity contribution is 5.72. The molecule has 2 aromatic heterocycles. The van der Waals surface area contributed by atoms with Crippen LogP contribution in [0.3, 0.4) is 0 Å². The van der Waals surface area contributed by atoms with Gasteiger partial charge in [0.1, 0.15) is 11.5 Å². The molecule has 0 saturated carbocycles. The molecule has 3 rings (SSSR count). The lowest BCUT2D eigenvalue weighted by Gasteiger charge is -2.27. The molecule has 0 bridgehead atoms. The third-order valence-electron chi connectivity index (χ3n) is 4.45. The number of aromatic nitrogens is 2. The van der Waals surface area contributed by atoms with Gasteiger partial charge in [-0.3, -0.25) is 4.79 Å². The van der Waals surface area contributed by atoms with Crippen molar-refractivity contribution in [2.24, 2.45) is 5.92 Å². The number of carbonyl (C=O) groups excluding carboxylic acids is 1. The number of ether oxygens (including phenoxy) is 1. The van der Waals surface area contributed by atoms with E-state index in [-0.39, 0.29) is 11.9 Å². The summed E-state index contributed by atoms with van der Waals surface area (Å²) in [5, 5.41) is 8.28. The first kappa shape index (κ1) is 16.7. The first-order chi connectivity index (χ1) is 11.6. The van der Waals surface area contributed by atoms with E-state index in [2.05, 4.69) is 10.2 Å². The van der Waals surface area contributed by atoms with Crippen LogP contribution in [-0.2, 0) is 16.1 Å². The van der Waals surface area contributed by atoms with Crippen molar-refractivity contribution in [3.8, 4) is 11.5 Å². The molecule has 0 atom stereocenters. The zero-order chi connectivity index (χ0) is 17.1. The number of hydrogen-bond acceptors (Lipinski definition) is 6. The van der Waals surface area contributed by atoms with Gasteiger partial charge < -0.3 is 18.5 Å². The molecule has 1 aliphatic rings. The van der Waals surface area contributed by atoms with Crippen molar-refractivity contribution in [1.82, 2.24) is 10.2 Å². The number of furan rings is 1. The third kappa shape index (κ3) is 3.67. The highest BCUT2D eigenvalue weighted by Crippen LogP contribution is 2.25. The Morgan fingerprint density at radius 3 is 2.67 bits per heavy atom. The fourth-order valence-electron chi connectivity index (χ4n) is 3.19. The minimum atomic E-state index is -0.0672. The second-order valence-corrected chi connectivity index (χ2v) is 6.28. The Morgan fingerprint density at radius 2 is 2.04 bits per heavy atom. The Morgan fingerprint density at radius 1 is 1.29 bits per heavy atom. The number of aryl methyl sites for hydroxylation is 2. The Labute approximate surface area is 141 Å². The molecule has 1 aliphatic heterocycles. The number of esters is 1. The van der Waals surface area contributed by atoms with Gasteiger partial charge in [0.2, 0.25) is 0 Å². The molecular formula is C17H24N3O4+. The molecule has 0 aromatic carbocycles. The Hall–Kier alpha value is -2.15. The minimum absolute atomic E-state index is 0.0310. The molecule has 0 aliphatic carbocycles. The van der Waals surface area contributed by atoms with Gasteiger partial charge in [0.15, 0.2) is 6.54 Å². The molecule has 1 fully saturated rings. The second kappa shape index (κ2) is 7.17. The Bertz CT molecular complexity index is 699. The van der Waals surface area contributed by atoms with E-state index in [1.165, 1.54) is 4.90 Å². The molecule has 0 radical (unpaired) electrons. The van der Waals surface area contributed by atoms with Crippen molar-refractivity contribution in [3.63, 3.8) is 0 Å². The fraction of sp³-hybridized carbons (Fsp3) is 0.588. The van der Waals surface area contributed by atoms with Crippen LogP contribution in [0.5, 0.6) is 0 Å². The molecule has 3 heterocycles. The zero-order valence-corrected chi connectivity index (χ0v) is 14.4. The van der Waals surface area contributed by atoms with E-state index in [1.807, 2.05) is 26.8 Å². The first-order valence-corrected chi connectivity index (χ1v) is 8.46. The average molecular weight is 334 g/mol. The van der Waals surface area contributed by atoms with Crippen LogP contribution >= 0.6 is 0 Å². The second-order valence-electron chi connectivity index (χ2n) is 6.28. The molecule has 24 heavy (non-hydrogen) atoms. The maximum absolute atomic E-state index is 11.8. The van der Waals surface area contributed by atoms with Crippen molar-refractivity contribution in [1.29, 1.82) is 0 Å². The summed E-state index contributed by atoms with van der Waals surface area (Å²) < 4.78 is 16.4. The molecule has 0 amide bonds. The van der Waals surface area contributed by atoms with Crippen LogP contribution in [0, 0.1) is 19.8 Å². The molecular weight excluding hydrogens is 310 g/mol. The summed E-state index contributed by atoms with van der Waals surface area (Å²) in [7, 11) is 0. The normalized spacial score (nSPS) is 21.0. The van der Waals surface area contributed by atoms with Crippen molar-refractivity contribution in [2.75, 3.05) is 19.7 Å². The summed E-state index contributed by atoms with van der Waals surface area (Å²) in [5.74, 6) is 2.69. The first-order valence-electron chi connectivity index (χ1n) is 8.46. The lowest BCUT2D eigenvalue weighted by Crippen LogP contribution is -3.11. The Balaban J connectivity index is 1.56. The van der Waals surface area contributed by atoms with Gasteiger partial charge >= 0.3 is 5.97 Å². The van der Waals surface area contributed by atoms with Gasteiger partial charge in [-0.15, -0.1) is 10.2 Å². The van der Waals surface area contributed by atoms with Crippen LogP contribution in [0.1, 0.15) is 37.2 Å². The molecule has 130 valence electrons. The lowest BCUT2D eigenvalue weighted by atomic mass is 9.97. The van der Waals surface area contributed by atoms with Crippen molar-refractivity contribution in [3.05, 3.63) is 23.5 Å². The molecule has 1 saturated heterocycles. The summed E-state index contributed by atoms with van der Waals surface area (Å²) in [6.07, 6.45) is 1.68. The molecule has 7 nitrogen and oxygen atoms in total. The molecule has 0 spiro atoms. The topological polar surface area (TPSA) is 82.8 Å². The third-order valence-corrected chi connectivity index (χ3v) is 4.45. The maximum Gasteiger partial charge on any atom is 0.309 e. The van der Waals surface area contributed by atoms with E-state index in [9.17, 15) is 4.79 Å². The highest BCUT2D eigenvalue weighted by Gasteiger charge is 2.29. The summed E-state index contributed by atoms with van der Waals surface area (Å²) in [5.41, 5.74) is 0.849. The maximum atomic E-state index is 11.8. The van der Waals surface area contributed by atoms with Crippen LogP contribution in [0.15, 0.2) is 14.9 Å². The van der Waals surface area contributed by atoms with Crippen LogP contribution in [0.25, 0.3) is 11.5 Å². The van der Waals surface area contributed by atoms with E-state index in [0.717, 1.165) is 43.0 Å². The number of likely N-dealkylation sites (tertiary alicyclic amines) is 1. The average Bonchev–Trinajstić information content (AvgIpc) is 3.14. The lowest BCUT2D eigenvalue weighted by molar-refractivity contribution is -0.920. The van der Waals surface area contributed by atoms with Crippen LogP contribution in [0.2, 0.25) is 0 Å². The molecule has 1 N–H and O–H groups in total. The molecule has 2 aromatic rings. The van der Waals surface area contributed by atoms with Crippen LogP contribution in [0.4, 0.5) is 0 Å². The Kier molecular flexibility index (Phi) is 4.99. The zero-order valence-electron chi connectivity index (χ0n) is 14.4. The molecule has 0 unspecified atom stereocenters. The standard InChI is InChI=1S/C17H23N3O4/c1-4-22-17(21)13-5-7-20(8-6-13)10-15-18-19-16(24-15)14-9-11(2)23-12(14)3/h9,13H,4-8,10H2,1-3H3/p+1.